The van der Waals surface area contributed by atoms with E-state index >= 15 is 0 Å². The first kappa shape index (κ1) is 20.2. The Kier molecular flexibility index (Phi) is 5.56. The maximum Gasteiger partial charge on any atom is 0.410 e. The Hall–Kier alpha value is -2.07. The van der Waals surface area contributed by atoms with Crippen LogP contribution < -0.4 is 10.6 Å². The van der Waals surface area contributed by atoms with E-state index in [1.807, 2.05) is 0 Å². The SMILES string of the molecule is O=C(NC[C@@H]1CCCO1)c1cnn2c1N[C@H](c1ccc(Br)cc1)C[C@H]2C(F)(F)F. The lowest BCUT2D eigenvalue weighted by molar-refractivity contribution is -0.173. The molecule has 0 saturated carbocycles. The normalized spacial score (nSPS) is 24.1. The van der Waals surface area contributed by atoms with Crippen LogP contribution in [0.5, 0.6) is 0 Å². The van der Waals surface area contributed by atoms with Crippen molar-refractivity contribution >= 4 is 27.7 Å². The van der Waals surface area contributed by atoms with Crippen LogP contribution >= 0.6 is 15.9 Å². The molecule has 0 radical (unpaired) electrons. The number of halogens is 4. The average Bonchev–Trinajstić information content (AvgIpc) is 3.35. The molecule has 2 aromatic rings. The van der Waals surface area contributed by atoms with Crippen molar-refractivity contribution < 1.29 is 22.7 Å². The van der Waals surface area contributed by atoms with E-state index in [2.05, 4.69) is 31.7 Å². The largest absolute Gasteiger partial charge is 0.410 e. The second-order valence-corrected chi connectivity index (χ2v) is 8.15. The number of rotatable bonds is 4. The second kappa shape index (κ2) is 7.98. The third kappa shape index (κ3) is 4.28. The van der Waals surface area contributed by atoms with Gasteiger partial charge >= 0.3 is 6.18 Å². The van der Waals surface area contributed by atoms with E-state index in [0.29, 0.717) is 18.7 Å². The predicted molar refractivity (Wildman–Crippen MR) is 104 cm³/mol. The minimum atomic E-state index is -4.48. The van der Waals surface area contributed by atoms with Gasteiger partial charge in [0.15, 0.2) is 6.04 Å². The van der Waals surface area contributed by atoms with Gasteiger partial charge in [-0.05, 0) is 30.5 Å². The Bertz CT molecular complexity index is 879. The summed E-state index contributed by atoms with van der Waals surface area (Å²) in [7, 11) is 0. The fourth-order valence-corrected chi connectivity index (χ4v) is 4.01. The van der Waals surface area contributed by atoms with E-state index in [1.165, 1.54) is 6.20 Å². The molecule has 1 aromatic carbocycles. The molecule has 10 heteroatoms. The maximum absolute atomic E-state index is 13.7. The third-order valence-electron chi connectivity index (χ3n) is 5.27. The van der Waals surface area contributed by atoms with E-state index in [9.17, 15) is 18.0 Å². The molecule has 0 bridgehead atoms. The number of carbonyl (C=O) groups is 1. The van der Waals surface area contributed by atoms with Crippen LogP contribution in [0.15, 0.2) is 34.9 Å². The van der Waals surface area contributed by atoms with Crippen molar-refractivity contribution in [2.75, 3.05) is 18.5 Å². The molecule has 4 rings (SSSR count). The summed E-state index contributed by atoms with van der Waals surface area (Å²) in [5.74, 6) is -0.386. The topological polar surface area (TPSA) is 68.2 Å². The third-order valence-corrected chi connectivity index (χ3v) is 5.80. The highest BCUT2D eigenvalue weighted by Gasteiger charge is 2.47. The summed E-state index contributed by atoms with van der Waals surface area (Å²) >= 11 is 3.33. The van der Waals surface area contributed by atoms with Gasteiger partial charge in [0.25, 0.3) is 5.91 Å². The summed E-state index contributed by atoms with van der Waals surface area (Å²) < 4.78 is 48.4. The van der Waals surface area contributed by atoms with E-state index in [-0.39, 0.29) is 23.9 Å². The quantitative estimate of drug-likeness (QED) is 0.698. The Morgan fingerprint density at radius 3 is 2.76 bits per heavy atom. The molecule has 3 heterocycles. The lowest BCUT2D eigenvalue weighted by atomic mass is 9.96. The summed E-state index contributed by atoms with van der Waals surface area (Å²) in [6, 6.07) is 4.67. The molecule has 1 aromatic heterocycles. The Morgan fingerprint density at radius 2 is 2.10 bits per heavy atom. The van der Waals surface area contributed by atoms with Gasteiger partial charge in [-0.2, -0.15) is 18.3 Å². The zero-order valence-corrected chi connectivity index (χ0v) is 17.0. The molecule has 2 aliphatic rings. The number of benzene rings is 1. The van der Waals surface area contributed by atoms with Crippen molar-refractivity contribution in [3.05, 3.63) is 46.1 Å². The molecule has 2 aliphatic heterocycles. The van der Waals surface area contributed by atoms with Crippen molar-refractivity contribution in [3.8, 4) is 0 Å². The number of hydrogen-bond acceptors (Lipinski definition) is 4. The zero-order chi connectivity index (χ0) is 20.6. The molecular formula is C19H20BrF3N4O2. The number of anilines is 1. The van der Waals surface area contributed by atoms with Gasteiger partial charge in [-0.3, -0.25) is 4.79 Å². The number of alkyl halides is 3. The van der Waals surface area contributed by atoms with Gasteiger partial charge in [0, 0.05) is 24.0 Å². The first-order chi connectivity index (χ1) is 13.8. The number of amides is 1. The summed E-state index contributed by atoms with van der Waals surface area (Å²) in [5, 5.41) is 9.72. The minimum Gasteiger partial charge on any atom is -0.376 e. The Labute approximate surface area is 173 Å². The maximum atomic E-state index is 13.7. The van der Waals surface area contributed by atoms with Crippen molar-refractivity contribution in [2.45, 2.75) is 43.6 Å². The summed E-state index contributed by atoms with van der Waals surface area (Å²) in [6.07, 6.45) is -1.77. The van der Waals surface area contributed by atoms with Crippen LogP contribution in [0.1, 0.15) is 47.3 Å². The molecule has 1 amide bonds. The summed E-state index contributed by atoms with van der Waals surface area (Å²) in [5.41, 5.74) is 0.805. The minimum absolute atomic E-state index is 0.0586. The van der Waals surface area contributed by atoms with Crippen molar-refractivity contribution in [3.63, 3.8) is 0 Å². The fourth-order valence-electron chi connectivity index (χ4n) is 3.75. The van der Waals surface area contributed by atoms with Crippen molar-refractivity contribution in [1.82, 2.24) is 15.1 Å². The van der Waals surface area contributed by atoms with Crippen molar-refractivity contribution in [1.29, 1.82) is 0 Å². The van der Waals surface area contributed by atoms with Crippen LogP contribution in [-0.2, 0) is 4.74 Å². The number of carbonyl (C=O) groups excluding carboxylic acids is 1. The highest BCUT2D eigenvalue weighted by Crippen LogP contribution is 2.44. The van der Waals surface area contributed by atoms with E-state index in [0.717, 1.165) is 22.0 Å². The molecule has 6 nitrogen and oxygen atoms in total. The zero-order valence-electron chi connectivity index (χ0n) is 15.4. The van der Waals surface area contributed by atoms with Gasteiger partial charge in [-0.15, -0.1) is 0 Å². The second-order valence-electron chi connectivity index (χ2n) is 7.24. The number of nitrogens with one attached hydrogen (secondary N) is 2. The fraction of sp³-hybridized carbons (Fsp3) is 0.474. The van der Waals surface area contributed by atoms with Gasteiger partial charge in [0.2, 0.25) is 0 Å². The van der Waals surface area contributed by atoms with Gasteiger partial charge in [-0.25, -0.2) is 4.68 Å². The standard InChI is InChI=1S/C19H20BrF3N4O2/c20-12-5-3-11(4-6-12)15-8-16(19(21,22)23)27-17(26-15)14(10-25-27)18(28)24-9-13-2-1-7-29-13/h3-6,10,13,15-16,26H,1-2,7-9H2,(H,24,28)/t13-,15-,16-/m0/s1. The number of fused-ring (bicyclic) bond motifs is 1. The van der Waals surface area contributed by atoms with Crippen molar-refractivity contribution in [2.24, 2.45) is 0 Å². The van der Waals surface area contributed by atoms with Crippen LogP contribution in [0.3, 0.4) is 0 Å². The van der Waals surface area contributed by atoms with Crippen LogP contribution in [0.2, 0.25) is 0 Å². The summed E-state index contributed by atoms with van der Waals surface area (Å²) in [6.45, 7) is 0.982. The Balaban J connectivity index is 1.60. The first-order valence-electron chi connectivity index (χ1n) is 9.39. The summed E-state index contributed by atoms with van der Waals surface area (Å²) in [4.78, 5) is 12.6. The van der Waals surface area contributed by atoms with Gasteiger partial charge in [-0.1, -0.05) is 28.1 Å². The monoisotopic (exact) mass is 472 g/mol. The highest BCUT2D eigenvalue weighted by molar-refractivity contribution is 9.10. The first-order valence-corrected chi connectivity index (χ1v) is 10.2. The van der Waals surface area contributed by atoms with Crippen LogP contribution in [0.25, 0.3) is 0 Å². The molecule has 1 saturated heterocycles. The van der Waals surface area contributed by atoms with E-state index in [4.69, 9.17) is 4.74 Å². The molecule has 3 atom stereocenters. The molecule has 1 fully saturated rings. The highest BCUT2D eigenvalue weighted by atomic mass is 79.9. The molecule has 0 unspecified atom stereocenters. The Morgan fingerprint density at radius 1 is 1.34 bits per heavy atom. The molecule has 0 aliphatic carbocycles. The number of hydrogen-bond donors (Lipinski definition) is 2. The molecule has 0 spiro atoms. The number of nitrogens with zero attached hydrogens (tertiary/aromatic N) is 2. The predicted octanol–water partition coefficient (Wildman–Crippen LogP) is 4.21. The average molecular weight is 473 g/mol. The van der Waals surface area contributed by atoms with Gasteiger partial charge in [0.05, 0.1) is 18.3 Å². The van der Waals surface area contributed by atoms with Crippen LogP contribution in [-0.4, -0.2) is 41.1 Å². The van der Waals surface area contributed by atoms with E-state index in [1.54, 1.807) is 24.3 Å². The molecule has 156 valence electrons. The molecule has 2 N–H and O–H groups in total. The van der Waals surface area contributed by atoms with E-state index < -0.39 is 24.2 Å². The lowest BCUT2D eigenvalue weighted by Crippen LogP contribution is -2.37. The van der Waals surface area contributed by atoms with Crippen LogP contribution in [0.4, 0.5) is 19.0 Å². The van der Waals surface area contributed by atoms with Crippen LogP contribution in [0, 0.1) is 0 Å². The number of ether oxygens (including phenoxy) is 1. The molecular weight excluding hydrogens is 453 g/mol. The lowest BCUT2D eigenvalue weighted by Gasteiger charge is -2.34. The van der Waals surface area contributed by atoms with Gasteiger partial charge < -0.3 is 15.4 Å². The number of aromatic nitrogens is 2. The molecule has 29 heavy (non-hydrogen) atoms. The van der Waals surface area contributed by atoms with Gasteiger partial charge in [0.1, 0.15) is 11.4 Å². The smallest absolute Gasteiger partial charge is 0.376 e.